The van der Waals surface area contributed by atoms with Crippen LogP contribution in [0.3, 0.4) is 0 Å². The maximum Gasteiger partial charge on any atom is 0.205 e. The maximum atomic E-state index is 13.1. The molecule has 78 valence electrons. The summed E-state index contributed by atoms with van der Waals surface area (Å²) in [7, 11) is 0. The first-order chi connectivity index (χ1) is 5.75. The first-order valence-corrected chi connectivity index (χ1v) is 4.03. The highest BCUT2D eigenvalue weighted by molar-refractivity contribution is 4.96. The van der Waals surface area contributed by atoms with Crippen molar-refractivity contribution in [3.63, 3.8) is 0 Å². The second kappa shape index (κ2) is 5.99. The minimum absolute atomic E-state index is 0. The van der Waals surface area contributed by atoms with Crippen LogP contribution in [-0.4, -0.2) is 37.5 Å². The van der Waals surface area contributed by atoms with Gasteiger partial charge in [0.1, 0.15) is 5.83 Å². The average molecular weight is 197 g/mol. The van der Waals surface area contributed by atoms with Crippen molar-refractivity contribution in [2.24, 2.45) is 0 Å². The zero-order valence-electron chi connectivity index (χ0n) is 7.50. The molecule has 0 aromatic carbocycles. The van der Waals surface area contributed by atoms with Crippen molar-refractivity contribution in [1.29, 1.82) is 0 Å². The van der Waals surface area contributed by atoms with Gasteiger partial charge < -0.3 is 4.74 Å². The molecule has 0 aliphatic carbocycles. The number of hydrogen-bond acceptors (Lipinski definition) is 2. The summed E-state index contributed by atoms with van der Waals surface area (Å²) in [6.45, 7) is 3.38. The SMILES string of the molecule is C/C=C(\F)C(F)N1CCOCC1.F. The highest BCUT2D eigenvalue weighted by Gasteiger charge is 2.23. The Balaban J connectivity index is 0.00000144. The Morgan fingerprint density at radius 3 is 2.46 bits per heavy atom. The predicted octanol–water partition coefficient (Wildman–Crippen LogP) is 1.64. The normalized spacial score (nSPS) is 22.2. The molecule has 1 heterocycles. The second-order valence-electron chi connectivity index (χ2n) is 2.66. The van der Waals surface area contributed by atoms with E-state index < -0.39 is 12.1 Å². The van der Waals surface area contributed by atoms with Crippen LogP contribution in [0.15, 0.2) is 11.9 Å². The van der Waals surface area contributed by atoms with Gasteiger partial charge in [0, 0.05) is 13.1 Å². The molecule has 0 bridgehead atoms. The number of morpholine rings is 1. The minimum Gasteiger partial charge on any atom is -0.379 e. The lowest BCUT2D eigenvalue weighted by molar-refractivity contribution is -0.0142. The summed E-state index contributed by atoms with van der Waals surface area (Å²) < 4.78 is 30.8. The topological polar surface area (TPSA) is 12.5 Å². The first kappa shape index (κ1) is 12.4. The van der Waals surface area contributed by atoms with E-state index in [1.54, 1.807) is 0 Å². The van der Waals surface area contributed by atoms with Gasteiger partial charge >= 0.3 is 0 Å². The zero-order chi connectivity index (χ0) is 8.97. The van der Waals surface area contributed by atoms with Gasteiger partial charge in [0.25, 0.3) is 0 Å². The number of rotatable bonds is 2. The molecule has 0 aromatic rings. The summed E-state index contributed by atoms with van der Waals surface area (Å²) in [5.74, 6) is -0.711. The van der Waals surface area contributed by atoms with Crippen molar-refractivity contribution in [3.05, 3.63) is 11.9 Å². The van der Waals surface area contributed by atoms with Crippen molar-refractivity contribution in [3.8, 4) is 0 Å². The van der Waals surface area contributed by atoms with Crippen LogP contribution >= 0.6 is 0 Å². The van der Waals surface area contributed by atoms with Gasteiger partial charge in [-0.2, -0.15) is 0 Å². The molecule has 1 fully saturated rings. The molecule has 1 aliphatic heterocycles. The number of allylic oxidation sites excluding steroid dienone is 1. The lowest BCUT2D eigenvalue weighted by atomic mass is 10.3. The van der Waals surface area contributed by atoms with E-state index in [1.165, 1.54) is 11.8 Å². The van der Waals surface area contributed by atoms with Gasteiger partial charge in [0.15, 0.2) is 0 Å². The Hall–Kier alpha value is -0.550. The molecule has 13 heavy (non-hydrogen) atoms. The Morgan fingerprint density at radius 1 is 1.46 bits per heavy atom. The van der Waals surface area contributed by atoms with Crippen molar-refractivity contribution < 1.29 is 18.2 Å². The molecule has 1 aliphatic rings. The zero-order valence-corrected chi connectivity index (χ0v) is 7.50. The highest BCUT2D eigenvalue weighted by Crippen LogP contribution is 2.14. The summed E-state index contributed by atoms with van der Waals surface area (Å²) in [5, 5.41) is 0. The van der Waals surface area contributed by atoms with E-state index in [0.29, 0.717) is 26.3 Å². The van der Waals surface area contributed by atoms with Crippen LogP contribution < -0.4 is 0 Å². The van der Waals surface area contributed by atoms with E-state index in [-0.39, 0.29) is 4.70 Å². The number of ether oxygens (including phenoxy) is 1. The quantitative estimate of drug-likeness (QED) is 0.624. The van der Waals surface area contributed by atoms with E-state index >= 15 is 0 Å². The van der Waals surface area contributed by atoms with Crippen LogP contribution in [0.2, 0.25) is 0 Å². The van der Waals surface area contributed by atoms with Gasteiger partial charge in [-0.25, -0.2) is 8.78 Å². The molecular weight excluding hydrogens is 183 g/mol. The van der Waals surface area contributed by atoms with E-state index in [1.807, 2.05) is 0 Å². The van der Waals surface area contributed by atoms with Crippen molar-refractivity contribution in [2.75, 3.05) is 26.3 Å². The fourth-order valence-corrected chi connectivity index (χ4v) is 1.12. The van der Waals surface area contributed by atoms with E-state index in [9.17, 15) is 8.78 Å². The van der Waals surface area contributed by atoms with E-state index in [4.69, 9.17) is 4.74 Å². The van der Waals surface area contributed by atoms with Gasteiger partial charge in [-0.15, -0.1) is 0 Å². The maximum absolute atomic E-state index is 13.1. The summed E-state index contributed by atoms with van der Waals surface area (Å²) in [4.78, 5) is 1.43. The predicted molar refractivity (Wildman–Crippen MR) is 44.7 cm³/mol. The molecule has 1 saturated heterocycles. The third kappa shape index (κ3) is 3.36. The molecule has 0 spiro atoms. The van der Waals surface area contributed by atoms with E-state index in [0.717, 1.165) is 6.08 Å². The van der Waals surface area contributed by atoms with Crippen LogP contribution in [0.25, 0.3) is 0 Å². The van der Waals surface area contributed by atoms with Crippen molar-refractivity contribution in [2.45, 2.75) is 13.2 Å². The van der Waals surface area contributed by atoms with Crippen LogP contribution in [0, 0.1) is 0 Å². The lowest BCUT2D eigenvalue weighted by Gasteiger charge is -2.28. The lowest BCUT2D eigenvalue weighted by Crippen LogP contribution is -2.41. The number of nitrogens with zero attached hydrogens (tertiary/aromatic N) is 1. The van der Waals surface area contributed by atoms with Crippen molar-refractivity contribution in [1.82, 2.24) is 4.90 Å². The smallest absolute Gasteiger partial charge is 0.205 e. The third-order valence-electron chi connectivity index (χ3n) is 1.87. The van der Waals surface area contributed by atoms with Crippen LogP contribution in [0.4, 0.5) is 13.5 Å². The fourth-order valence-electron chi connectivity index (χ4n) is 1.12. The number of halogens is 3. The van der Waals surface area contributed by atoms with Crippen molar-refractivity contribution >= 4 is 0 Å². The monoisotopic (exact) mass is 197 g/mol. The largest absolute Gasteiger partial charge is 0.379 e. The average Bonchev–Trinajstić information content (AvgIpc) is 2.17. The molecule has 5 heteroatoms. The molecule has 0 N–H and O–H groups in total. The molecule has 0 aromatic heterocycles. The summed E-state index contributed by atoms with van der Waals surface area (Å²) in [6, 6.07) is 0. The number of alkyl halides is 1. The van der Waals surface area contributed by atoms with Gasteiger partial charge in [-0.3, -0.25) is 9.60 Å². The molecule has 1 rings (SSSR count). The Morgan fingerprint density at radius 2 is 2.00 bits per heavy atom. The Bertz CT molecular complexity index is 169. The fraction of sp³-hybridized carbons (Fsp3) is 0.750. The summed E-state index contributed by atoms with van der Waals surface area (Å²) >= 11 is 0. The van der Waals surface area contributed by atoms with Crippen LogP contribution in [-0.2, 0) is 4.74 Å². The third-order valence-corrected chi connectivity index (χ3v) is 1.87. The highest BCUT2D eigenvalue weighted by atomic mass is 19.2. The van der Waals surface area contributed by atoms with Crippen LogP contribution in [0.1, 0.15) is 6.92 Å². The van der Waals surface area contributed by atoms with Gasteiger partial charge in [0.2, 0.25) is 6.30 Å². The molecule has 0 saturated carbocycles. The molecule has 2 nitrogen and oxygen atoms in total. The Kier molecular flexibility index (Phi) is 5.73. The van der Waals surface area contributed by atoms with Gasteiger partial charge in [-0.05, 0) is 6.92 Å². The second-order valence-corrected chi connectivity index (χ2v) is 2.66. The number of hydrogen-bond donors (Lipinski definition) is 0. The molecule has 0 amide bonds. The van der Waals surface area contributed by atoms with Gasteiger partial charge in [-0.1, -0.05) is 6.08 Å². The first-order valence-electron chi connectivity index (χ1n) is 4.03. The van der Waals surface area contributed by atoms with Crippen LogP contribution in [0.5, 0.6) is 0 Å². The molecular formula is C8H14F3NO. The van der Waals surface area contributed by atoms with E-state index in [2.05, 4.69) is 0 Å². The van der Waals surface area contributed by atoms with Gasteiger partial charge in [0.05, 0.1) is 13.2 Å². The molecule has 0 radical (unpaired) electrons. The standard InChI is InChI=1S/C8H13F2NO.FH/c1-2-7(9)8(10)11-3-5-12-6-4-11;/h2,8H,3-6H2,1H3;1H/b7-2-;. The molecule has 1 unspecified atom stereocenters. The summed E-state index contributed by atoms with van der Waals surface area (Å²) in [5.41, 5.74) is 0. The Labute approximate surface area is 75.5 Å². The summed E-state index contributed by atoms with van der Waals surface area (Å²) in [6.07, 6.45) is -0.431. The minimum atomic E-state index is -1.58. The molecule has 1 atom stereocenters.